The topological polar surface area (TPSA) is 67.6 Å². The molecule has 106 valence electrons. The monoisotopic (exact) mass is 275 g/mol. The van der Waals surface area contributed by atoms with Crippen molar-refractivity contribution in [3.05, 3.63) is 24.6 Å². The molecule has 0 saturated carbocycles. The van der Waals surface area contributed by atoms with Crippen molar-refractivity contribution in [1.82, 2.24) is 15.2 Å². The SMILES string of the molecule is O=C(CCOc1ccc2ocnc2c1)N1CCNCC1. The highest BCUT2D eigenvalue weighted by molar-refractivity contribution is 5.76. The number of aromatic nitrogens is 1. The summed E-state index contributed by atoms with van der Waals surface area (Å²) >= 11 is 0. The molecule has 1 aliphatic heterocycles. The van der Waals surface area contributed by atoms with E-state index in [1.54, 1.807) is 0 Å². The number of carbonyl (C=O) groups is 1. The smallest absolute Gasteiger partial charge is 0.226 e. The van der Waals surface area contributed by atoms with E-state index in [-0.39, 0.29) is 5.91 Å². The number of piperazine rings is 1. The third-order valence-corrected chi connectivity index (χ3v) is 3.36. The maximum atomic E-state index is 12.0. The van der Waals surface area contributed by atoms with Crippen molar-refractivity contribution in [2.45, 2.75) is 6.42 Å². The maximum Gasteiger partial charge on any atom is 0.226 e. The molecule has 1 fully saturated rings. The van der Waals surface area contributed by atoms with Gasteiger partial charge in [-0.3, -0.25) is 4.79 Å². The van der Waals surface area contributed by atoms with Crippen molar-refractivity contribution in [3.8, 4) is 5.75 Å². The number of carbonyl (C=O) groups excluding carboxylic acids is 1. The molecule has 1 amide bonds. The molecule has 2 aromatic rings. The van der Waals surface area contributed by atoms with Crippen molar-refractivity contribution in [2.75, 3.05) is 32.8 Å². The Kier molecular flexibility index (Phi) is 3.83. The molecule has 0 unspecified atom stereocenters. The van der Waals surface area contributed by atoms with Crippen LogP contribution in [-0.4, -0.2) is 48.6 Å². The van der Waals surface area contributed by atoms with Gasteiger partial charge < -0.3 is 19.4 Å². The van der Waals surface area contributed by atoms with E-state index in [0.29, 0.717) is 18.8 Å². The number of ether oxygens (including phenoxy) is 1. The first-order valence-electron chi connectivity index (χ1n) is 6.77. The third-order valence-electron chi connectivity index (χ3n) is 3.36. The van der Waals surface area contributed by atoms with E-state index in [9.17, 15) is 4.79 Å². The number of nitrogens with zero attached hydrogens (tertiary/aromatic N) is 2. The van der Waals surface area contributed by atoms with Crippen LogP contribution in [0, 0.1) is 0 Å². The Morgan fingerprint density at radius 2 is 2.25 bits per heavy atom. The van der Waals surface area contributed by atoms with Crippen LogP contribution >= 0.6 is 0 Å². The number of oxazole rings is 1. The molecule has 3 rings (SSSR count). The van der Waals surface area contributed by atoms with Gasteiger partial charge in [0.15, 0.2) is 12.0 Å². The summed E-state index contributed by atoms with van der Waals surface area (Å²) in [5.41, 5.74) is 1.49. The van der Waals surface area contributed by atoms with E-state index in [1.165, 1.54) is 6.39 Å². The zero-order chi connectivity index (χ0) is 13.8. The van der Waals surface area contributed by atoms with Crippen molar-refractivity contribution in [2.24, 2.45) is 0 Å². The first-order chi connectivity index (χ1) is 9.83. The Hall–Kier alpha value is -2.08. The molecule has 0 radical (unpaired) electrons. The number of rotatable bonds is 4. The third kappa shape index (κ3) is 2.91. The van der Waals surface area contributed by atoms with E-state index in [4.69, 9.17) is 9.15 Å². The normalized spacial score (nSPS) is 15.5. The van der Waals surface area contributed by atoms with Gasteiger partial charge in [0.2, 0.25) is 5.91 Å². The van der Waals surface area contributed by atoms with Crippen LogP contribution in [0.5, 0.6) is 5.75 Å². The molecule has 1 saturated heterocycles. The predicted molar refractivity (Wildman–Crippen MR) is 73.6 cm³/mol. The second-order valence-corrected chi connectivity index (χ2v) is 4.71. The molecule has 0 bridgehead atoms. The lowest BCUT2D eigenvalue weighted by molar-refractivity contribution is -0.132. The minimum Gasteiger partial charge on any atom is -0.493 e. The predicted octanol–water partition coefficient (Wildman–Crippen LogP) is 1.03. The van der Waals surface area contributed by atoms with Crippen LogP contribution < -0.4 is 10.1 Å². The van der Waals surface area contributed by atoms with E-state index < -0.39 is 0 Å². The maximum absolute atomic E-state index is 12.0. The first-order valence-corrected chi connectivity index (χ1v) is 6.77. The van der Waals surface area contributed by atoms with Gasteiger partial charge in [0.1, 0.15) is 11.3 Å². The molecule has 1 aromatic carbocycles. The number of amides is 1. The lowest BCUT2D eigenvalue weighted by Crippen LogP contribution is -2.46. The second kappa shape index (κ2) is 5.92. The van der Waals surface area contributed by atoms with E-state index in [2.05, 4.69) is 10.3 Å². The van der Waals surface area contributed by atoms with Crippen molar-refractivity contribution < 1.29 is 13.9 Å². The van der Waals surface area contributed by atoms with Gasteiger partial charge >= 0.3 is 0 Å². The molecule has 6 nitrogen and oxygen atoms in total. The molecule has 2 heterocycles. The Balaban J connectivity index is 1.50. The first kappa shape index (κ1) is 12.9. The van der Waals surface area contributed by atoms with Crippen molar-refractivity contribution in [1.29, 1.82) is 0 Å². The van der Waals surface area contributed by atoms with Crippen LogP contribution in [0.3, 0.4) is 0 Å². The summed E-state index contributed by atoms with van der Waals surface area (Å²) in [6.07, 6.45) is 1.80. The molecule has 0 spiro atoms. The molecular weight excluding hydrogens is 258 g/mol. The molecular formula is C14H17N3O3. The second-order valence-electron chi connectivity index (χ2n) is 4.71. The van der Waals surface area contributed by atoms with Crippen LogP contribution in [0.1, 0.15) is 6.42 Å². The van der Waals surface area contributed by atoms with Gasteiger partial charge in [-0.1, -0.05) is 0 Å². The van der Waals surface area contributed by atoms with E-state index >= 15 is 0 Å². The number of hydrogen-bond acceptors (Lipinski definition) is 5. The molecule has 1 aliphatic rings. The molecule has 6 heteroatoms. The average molecular weight is 275 g/mol. The fourth-order valence-corrected chi connectivity index (χ4v) is 2.26. The summed E-state index contributed by atoms with van der Waals surface area (Å²) in [7, 11) is 0. The van der Waals surface area contributed by atoms with Crippen molar-refractivity contribution >= 4 is 17.0 Å². The molecule has 1 aromatic heterocycles. The van der Waals surface area contributed by atoms with Crippen LogP contribution in [0.25, 0.3) is 11.1 Å². The minimum absolute atomic E-state index is 0.147. The largest absolute Gasteiger partial charge is 0.493 e. The van der Waals surface area contributed by atoms with E-state index in [1.807, 2.05) is 23.1 Å². The molecule has 1 N–H and O–H groups in total. The molecule has 0 aliphatic carbocycles. The van der Waals surface area contributed by atoms with Gasteiger partial charge in [-0.25, -0.2) is 4.98 Å². The summed E-state index contributed by atoms with van der Waals surface area (Å²) in [6.45, 7) is 3.68. The Morgan fingerprint density at radius 3 is 3.10 bits per heavy atom. The van der Waals surface area contributed by atoms with Crippen LogP contribution in [0.15, 0.2) is 29.0 Å². The standard InChI is InChI=1S/C14H17N3O3/c18-14(17-6-4-15-5-7-17)3-8-19-11-1-2-13-12(9-11)16-10-20-13/h1-2,9-10,15H,3-8H2. The Labute approximate surface area is 116 Å². The Morgan fingerprint density at radius 1 is 1.40 bits per heavy atom. The fraction of sp³-hybridized carbons (Fsp3) is 0.429. The van der Waals surface area contributed by atoms with Gasteiger partial charge in [0, 0.05) is 32.2 Å². The fourth-order valence-electron chi connectivity index (χ4n) is 2.26. The van der Waals surface area contributed by atoms with Gasteiger partial charge in [0.05, 0.1) is 13.0 Å². The van der Waals surface area contributed by atoms with Crippen LogP contribution in [0.4, 0.5) is 0 Å². The summed E-state index contributed by atoms with van der Waals surface area (Å²) in [4.78, 5) is 17.9. The van der Waals surface area contributed by atoms with Gasteiger partial charge in [-0.05, 0) is 12.1 Å². The number of nitrogens with one attached hydrogen (secondary N) is 1. The zero-order valence-corrected chi connectivity index (χ0v) is 11.2. The summed E-state index contributed by atoms with van der Waals surface area (Å²) in [6, 6.07) is 5.45. The average Bonchev–Trinajstić information content (AvgIpc) is 2.95. The van der Waals surface area contributed by atoms with Gasteiger partial charge in [0.25, 0.3) is 0 Å². The zero-order valence-electron chi connectivity index (χ0n) is 11.2. The summed E-state index contributed by atoms with van der Waals surface area (Å²) in [5, 5.41) is 3.23. The summed E-state index contributed by atoms with van der Waals surface area (Å²) in [5.74, 6) is 0.855. The van der Waals surface area contributed by atoms with Crippen molar-refractivity contribution in [3.63, 3.8) is 0 Å². The summed E-state index contributed by atoms with van der Waals surface area (Å²) < 4.78 is 10.8. The highest BCUT2D eigenvalue weighted by Crippen LogP contribution is 2.19. The number of hydrogen-bond donors (Lipinski definition) is 1. The lowest BCUT2D eigenvalue weighted by atomic mass is 10.3. The van der Waals surface area contributed by atoms with Gasteiger partial charge in [-0.15, -0.1) is 0 Å². The van der Waals surface area contributed by atoms with E-state index in [0.717, 1.165) is 37.3 Å². The highest BCUT2D eigenvalue weighted by atomic mass is 16.5. The highest BCUT2D eigenvalue weighted by Gasteiger charge is 2.15. The number of fused-ring (bicyclic) bond motifs is 1. The minimum atomic E-state index is 0.147. The van der Waals surface area contributed by atoms with Gasteiger partial charge in [-0.2, -0.15) is 0 Å². The number of benzene rings is 1. The Bertz CT molecular complexity index is 590. The molecule has 20 heavy (non-hydrogen) atoms. The lowest BCUT2D eigenvalue weighted by Gasteiger charge is -2.27. The quantitative estimate of drug-likeness (QED) is 0.902. The van der Waals surface area contributed by atoms with Crippen LogP contribution in [0.2, 0.25) is 0 Å². The van der Waals surface area contributed by atoms with Crippen LogP contribution in [-0.2, 0) is 4.79 Å². The molecule has 0 atom stereocenters.